The molecule has 7 heteroatoms. The fourth-order valence-corrected chi connectivity index (χ4v) is 4.77. The molecule has 2 aromatic rings. The van der Waals surface area contributed by atoms with Gasteiger partial charge >= 0.3 is 7.52 Å². The van der Waals surface area contributed by atoms with Crippen LogP contribution < -0.4 is 15.3 Å². The highest BCUT2D eigenvalue weighted by Gasteiger charge is 2.24. The summed E-state index contributed by atoms with van der Waals surface area (Å²) >= 11 is 0. The number of rotatable bonds is 5. The minimum absolute atomic E-state index is 0.0744. The van der Waals surface area contributed by atoms with Crippen molar-refractivity contribution in [3.05, 3.63) is 52.8 Å². The van der Waals surface area contributed by atoms with Crippen LogP contribution in [0.5, 0.6) is 11.5 Å². The third-order valence-electron chi connectivity index (χ3n) is 5.58. The first-order valence-corrected chi connectivity index (χ1v) is 11.2. The van der Waals surface area contributed by atoms with Crippen LogP contribution in [-0.4, -0.2) is 10.1 Å². The monoisotopic (exact) mass is 407 g/mol. The number of aryl methyl sites for hydroxylation is 2. The fraction of sp³-hybridized carbons (Fsp3) is 0.429. The summed E-state index contributed by atoms with van der Waals surface area (Å²) in [6.45, 7) is 5.71. The Bertz CT molecular complexity index is 886. The molecule has 1 saturated carbocycles. The van der Waals surface area contributed by atoms with Crippen molar-refractivity contribution in [3.63, 3.8) is 0 Å². The molecule has 1 fully saturated rings. The van der Waals surface area contributed by atoms with Crippen LogP contribution in [0.2, 0.25) is 0 Å². The molecule has 152 valence electrons. The molecule has 5 nitrogen and oxygen atoms in total. The van der Waals surface area contributed by atoms with Gasteiger partial charge in [-0.3, -0.25) is 4.57 Å². The molecule has 0 aromatic heterocycles. The molecule has 0 spiro atoms. The number of ether oxygens (including phenoxy) is 1. The number of halogens is 1. The number of benzene rings is 2. The topological polar surface area (TPSA) is 78.8 Å². The average molecular weight is 407 g/mol. The zero-order valence-electron chi connectivity index (χ0n) is 16.4. The van der Waals surface area contributed by atoms with Gasteiger partial charge in [-0.25, -0.2) is 4.39 Å². The molecule has 0 aliphatic heterocycles. The second kappa shape index (κ2) is 8.34. The zero-order chi connectivity index (χ0) is 20.5. The molecule has 1 atom stereocenters. The molecule has 3 rings (SSSR count). The van der Waals surface area contributed by atoms with E-state index in [1.165, 1.54) is 23.4 Å². The lowest BCUT2D eigenvalue weighted by Gasteiger charge is -2.26. The lowest BCUT2D eigenvalue weighted by atomic mass is 9.79. The molecule has 1 unspecified atom stereocenters. The van der Waals surface area contributed by atoms with Gasteiger partial charge in [-0.1, -0.05) is 25.8 Å². The van der Waals surface area contributed by atoms with Crippen molar-refractivity contribution >= 4 is 12.8 Å². The van der Waals surface area contributed by atoms with E-state index in [2.05, 4.69) is 6.92 Å². The van der Waals surface area contributed by atoms with Crippen LogP contribution in [-0.2, 0) is 4.57 Å². The molecule has 0 radical (unpaired) electrons. The molecule has 0 heterocycles. The largest absolute Gasteiger partial charge is 0.457 e. The zero-order valence-corrected chi connectivity index (χ0v) is 17.3. The van der Waals surface area contributed by atoms with Gasteiger partial charge in [0.05, 0.1) is 5.30 Å². The van der Waals surface area contributed by atoms with Crippen LogP contribution in [0, 0.1) is 25.6 Å². The van der Waals surface area contributed by atoms with Crippen molar-refractivity contribution in [2.75, 3.05) is 0 Å². The molecule has 1 aliphatic carbocycles. The second-order valence-electron chi connectivity index (χ2n) is 7.83. The number of hydrogen-bond acceptors (Lipinski definition) is 3. The van der Waals surface area contributed by atoms with Gasteiger partial charge in [0.1, 0.15) is 17.3 Å². The lowest BCUT2D eigenvalue weighted by Crippen LogP contribution is -2.16. The minimum Gasteiger partial charge on any atom is -0.457 e. The minimum atomic E-state index is -4.03. The summed E-state index contributed by atoms with van der Waals surface area (Å²) < 4.78 is 32.5. The van der Waals surface area contributed by atoms with E-state index in [1.807, 2.05) is 6.07 Å². The van der Waals surface area contributed by atoms with Crippen LogP contribution in [0.4, 0.5) is 4.39 Å². The summed E-state index contributed by atoms with van der Waals surface area (Å²) in [6, 6.07) is 7.93. The molecule has 0 amide bonds. The van der Waals surface area contributed by atoms with E-state index in [-0.39, 0.29) is 17.0 Å². The number of hydrogen-bond donors (Lipinski definition) is 3. The molecule has 28 heavy (non-hydrogen) atoms. The van der Waals surface area contributed by atoms with E-state index >= 15 is 0 Å². The van der Waals surface area contributed by atoms with Crippen molar-refractivity contribution in [1.82, 2.24) is 5.25 Å². The van der Waals surface area contributed by atoms with Crippen LogP contribution in [0.3, 0.4) is 0 Å². The first kappa shape index (κ1) is 21.0. The van der Waals surface area contributed by atoms with Gasteiger partial charge in [0.2, 0.25) is 0 Å². The summed E-state index contributed by atoms with van der Waals surface area (Å²) in [5, 5.41) is 10.4. The predicted molar refractivity (Wildman–Crippen MR) is 107 cm³/mol. The normalized spacial score (nSPS) is 21.9. The van der Waals surface area contributed by atoms with E-state index in [1.54, 1.807) is 19.9 Å². The van der Waals surface area contributed by atoms with Crippen molar-refractivity contribution in [3.8, 4) is 11.5 Å². The van der Waals surface area contributed by atoms with Crippen LogP contribution in [0.1, 0.15) is 55.2 Å². The summed E-state index contributed by atoms with van der Waals surface area (Å²) in [5.41, 5.74) is 1.98. The maximum absolute atomic E-state index is 14.7. The summed E-state index contributed by atoms with van der Waals surface area (Å²) in [5.74, 6) is 1.61. The third-order valence-corrected chi connectivity index (χ3v) is 6.81. The lowest BCUT2D eigenvalue weighted by molar-refractivity contribution is 0.226. The second-order valence-corrected chi connectivity index (χ2v) is 9.70. The quantitative estimate of drug-likeness (QED) is 0.462. The molecule has 3 N–H and O–H groups in total. The molecular formula is C21H27FNO4P. The maximum Gasteiger partial charge on any atom is 0.319 e. The highest BCUT2D eigenvalue weighted by molar-refractivity contribution is 7.63. The van der Waals surface area contributed by atoms with E-state index in [0.717, 1.165) is 31.2 Å². The van der Waals surface area contributed by atoms with Crippen LogP contribution >= 0.6 is 7.52 Å². The van der Waals surface area contributed by atoms with Gasteiger partial charge < -0.3 is 14.8 Å². The third kappa shape index (κ3) is 4.47. The Morgan fingerprint density at radius 2 is 1.71 bits per heavy atom. The first-order chi connectivity index (χ1) is 13.2. The summed E-state index contributed by atoms with van der Waals surface area (Å²) in [4.78, 5) is 9.74. The Labute approximate surface area is 165 Å². The van der Waals surface area contributed by atoms with E-state index in [0.29, 0.717) is 28.5 Å². The van der Waals surface area contributed by atoms with Gasteiger partial charge in [0, 0.05) is 6.07 Å². The Hall–Kier alpha value is -1.72. The van der Waals surface area contributed by atoms with E-state index in [9.17, 15) is 13.8 Å². The van der Waals surface area contributed by atoms with Crippen LogP contribution in [0.25, 0.3) is 0 Å². The van der Waals surface area contributed by atoms with E-state index < -0.39 is 7.52 Å². The fourth-order valence-electron chi connectivity index (χ4n) is 3.91. The first-order valence-electron chi connectivity index (χ1n) is 9.54. The summed E-state index contributed by atoms with van der Waals surface area (Å²) in [6.07, 6.45) is 4.28. The Balaban J connectivity index is 1.82. The van der Waals surface area contributed by atoms with Crippen molar-refractivity contribution < 1.29 is 23.8 Å². The molecule has 1 aliphatic rings. The molecular weight excluding hydrogens is 380 g/mol. The Morgan fingerprint density at radius 1 is 1.11 bits per heavy atom. The van der Waals surface area contributed by atoms with Crippen molar-refractivity contribution in [2.45, 2.75) is 52.4 Å². The van der Waals surface area contributed by atoms with Crippen molar-refractivity contribution in [2.24, 2.45) is 5.92 Å². The van der Waals surface area contributed by atoms with Crippen LogP contribution in [0.15, 0.2) is 30.3 Å². The number of nitrogens with one attached hydrogen (secondary N) is 1. The van der Waals surface area contributed by atoms with Gasteiger partial charge in [-0.05, 0) is 73.4 Å². The smallest absolute Gasteiger partial charge is 0.319 e. The van der Waals surface area contributed by atoms with Gasteiger partial charge in [0.25, 0.3) is 0 Å². The van der Waals surface area contributed by atoms with Gasteiger partial charge in [-0.15, -0.1) is 5.25 Å². The maximum atomic E-state index is 14.7. The molecule has 0 saturated heterocycles. The standard InChI is InChI=1S/C21H27FNO4P/c1-13-4-6-16(7-5-13)19-9-8-17(12-20(19)22)27-21-14(2)10-18(11-15(21)3)28(25,26)23-24/h8-13,16,24H,4-7H2,1-3H3,(H2,23,25,26). The predicted octanol–water partition coefficient (Wildman–Crippen LogP) is 5.32. The van der Waals surface area contributed by atoms with Gasteiger partial charge in [-0.2, -0.15) is 0 Å². The van der Waals surface area contributed by atoms with E-state index in [4.69, 9.17) is 9.94 Å². The average Bonchev–Trinajstić information content (AvgIpc) is 2.65. The van der Waals surface area contributed by atoms with Gasteiger partial charge in [0.15, 0.2) is 0 Å². The Kier molecular flexibility index (Phi) is 6.25. The SMILES string of the molecule is Cc1cc(P(=O)(O)NO)cc(C)c1Oc1ccc(C2CCC(C)CC2)c(F)c1. The highest BCUT2D eigenvalue weighted by Crippen LogP contribution is 2.39. The van der Waals surface area contributed by atoms with Crippen molar-refractivity contribution in [1.29, 1.82) is 0 Å². The summed E-state index contributed by atoms with van der Waals surface area (Å²) in [7, 11) is -4.03. The Morgan fingerprint density at radius 3 is 2.25 bits per heavy atom. The molecule has 2 aromatic carbocycles. The highest BCUT2D eigenvalue weighted by atomic mass is 31.2. The molecule has 0 bridgehead atoms.